The first kappa shape index (κ1) is 13.6. The lowest BCUT2D eigenvalue weighted by atomic mass is 9.82. The third kappa shape index (κ3) is 2.19. The van der Waals surface area contributed by atoms with Crippen molar-refractivity contribution in [1.82, 2.24) is 0 Å². The summed E-state index contributed by atoms with van der Waals surface area (Å²) in [6.45, 7) is -0.290. The number of rotatable bonds is 4. The maximum atomic E-state index is 10.3. The van der Waals surface area contributed by atoms with E-state index in [4.69, 9.17) is 23.7 Å². The van der Waals surface area contributed by atoms with Gasteiger partial charge in [0.05, 0.1) is 6.61 Å². The molecule has 114 valence electrons. The van der Waals surface area contributed by atoms with Crippen molar-refractivity contribution in [3.05, 3.63) is 35.9 Å². The van der Waals surface area contributed by atoms with E-state index in [9.17, 15) is 5.11 Å². The fraction of sp³-hybridized carbons (Fsp3) is 0.600. The summed E-state index contributed by atoms with van der Waals surface area (Å²) in [5.74, 6) is 0. The summed E-state index contributed by atoms with van der Waals surface area (Å²) in [5, 5.41) is 10.3. The summed E-state index contributed by atoms with van der Waals surface area (Å²) < 4.78 is 28.1. The molecule has 6 nitrogen and oxygen atoms in total. The molecule has 0 aromatic heterocycles. The number of aliphatic hydroxyl groups excluding tert-OH is 1. The van der Waals surface area contributed by atoms with Crippen molar-refractivity contribution in [2.45, 2.75) is 49.7 Å². The molecule has 3 aliphatic heterocycles. The Morgan fingerprint density at radius 2 is 1.67 bits per heavy atom. The van der Waals surface area contributed by atoms with Gasteiger partial charge < -0.3 is 28.8 Å². The van der Waals surface area contributed by atoms with Crippen molar-refractivity contribution in [3.63, 3.8) is 0 Å². The van der Waals surface area contributed by atoms with Crippen LogP contribution in [0.1, 0.15) is 5.56 Å². The SMILES string of the molecule is CO[C@@H]1[C@H]2OC3O[C@@H]1[C@@H](O)[C@H](O3)[C@H]2OCc1ccccc1. The second-order valence-corrected chi connectivity index (χ2v) is 5.54. The largest absolute Gasteiger partial charge is 0.387 e. The number of aliphatic hydroxyl groups is 1. The quantitative estimate of drug-likeness (QED) is 0.868. The van der Waals surface area contributed by atoms with E-state index < -0.39 is 24.8 Å². The van der Waals surface area contributed by atoms with Gasteiger partial charge in [-0.25, -0.2) is 0 Å². The summed E-state index contributed by atoms with van der Waals surface area (Å²) in [6.07, 6.45) is -2.65. The van der Waals surface area contributed by atoms with Gasteiger partial charge in [0.1, 0.15) is 36.6 Å². The molecule has 0 amide bonds. The van der Waals surface area contributed by atoms with Gasteiger partial charge in [0.2, 0.25) is 0 Å². The van der Waals surface area contributed by atoms with Crippen LogP contribution < -0.4 is 0 Å². The Morgan fingerprint density at radius 1 is 1.00 bits per heavy atom. The van der Waals surface area contributed by atoms with Gasteiger partial charge in [0, 0.05) is 7.11 Å². The molecule has 5 rings (SSSR count). The van der Waals surface area contributed by atoms with E-state index in [0.717, 1.165) is 5.56 Å². The Labute approximate surface area is 122 Å². The van der Waals surface area contributed by atoms with E-state index in [1.807, 2.05) is 30.3 Å². The van der Waals surface area contributed by atoms with E-state index in [0.29, 0.717) is 6.61 Å². The van der Waals surface area contributed by atoms with Crippen LogP contribution >= 0.6 is 0 Å². The number of benzene rings is 1. The van der Waals surface area contributed by atoms with Crippen molar-refractivity contribution in [1.29, 1.82) is 0 Å². The molecule has 3 heterocycles. The Bertz CT molecular complexity index is 494. The smallest absolute Gasteiger partial charge is 0.272 e. The zero-order chi connectivity index (χ0) is 14.4. The molecular formula is C15H18O6. The fourth-order valence-electron chi connectivity index (χ4n) is 3.31. The second kappa shape index (κ2) is 5.31. The average Bonchev–Trinajstić information content (AvgIpc) is 2.52. The van der Waals surface area contributed by atoms with E-state index in [1.165, 1.54) is 0 Å². The minimum absolute atomic E-state index is 0.287. The van der Waals surface area contributed by atoms with Crippen LogP contribution in [0.15, 0.2) is 30.3 Å². The molecule has 0 spiro atoms. The van der Waals surface area contributed by atoms with E-state index >= 15 is 0 Å². The summed E-state index contributed by atoms with van der Waals surface area (Å²) >= 11 is 0. The number of hydrogen-bond acceptors (Lipinski definition) is 6. The maximum Gasteiger partial charge on any atom is 0.272 e. The third-order valence-corrected chi connectivity index (χ3v) is 4.33. The molecule has 4 aliphatic rings. The van der Waals surface area contributed by atoms with Crippen molar-refractivity contribution in [3.8, 4) is 0 Å². The first-order valence-electron chi connectivity index (χ1n) is 7.10. The number of hydrogen-bond donors (Lipinski definition) is 1. The van der Waals surface area contributed by atoms with Crippen LogP contribution in [0, 0.1) is 0 Å². The van der Waals surface area contributed by atoms with Crippen molar-refractivity contribution in [2.24, 2.45) is 0 Å². The number of ether oxygens (including phenoxy) is 5. The number of methoxy groups -OCH3 is 1. The molecule has 1 aromatic rings. The second-order valence-electron chi connectivity index (χ2n) is 5.54. The summed E-state index contributed by atoms with van der Waals surface area (Å²) in [4.78, 5) is 0. The monoisotopic (exact) mass is 294 g/mol. The first-order valence-corrected chi connectivity index (χ1v) is 7.10. The molecule has 3 saturated heterocycles. The normalized spacial score (nSPS) is 44.2. The summed E-state index contributed by atoms with van der Waals surface area (Å²) in [7, 11) is 1.58. The molecule has 1 aromatic carbocycles. The minimum atomic E-state index is -0.771. The summed E-state index contributed by atoms with van der Waals surface area (Å²) in [6, 6.07) is 9.86. The molecule has 21 heavy (non-hydrogen) atoms. The zero-order valence-electron chi connectivity index (χ0n) is 11.6. The van der Waals surface area contributed by atoms with E-state index in [2.05, 4.69) is 0 Å². The van der Waals surface area contributed by atoms with Gasteiger partial charge in [-0.15, -0.1) is 0 Å². The molecular weight excluding hydrogens is 276 g/mol. The van der Waals surface area contributed by atoms with E-state index in [-0.39, 0.29) is 18.3 Å². The van der Waals surface area contributed by atoms with Gasteiger partial charge >= 0.3 is 0 Å². The van der Waals surface area contributed by atoms with Gasteiger partial charge in [-0.2, -0.15) is 0 Å². The van der Waals surface area contributed by atoms with Crippen LogP contribution in [0.5, 0.6) is 0 Å². The fourth-order valence-corrected chi connectivity index (χ4v) is 3.31. The van der Waals surface area contributed by atoms with Crippen LogP contribution in [0.4, 0.5) is 0 Å². The Kier molecular flexibility index (Phi) is 3.45. The Morgan fingerprint density at radius 3 is 2.38 bits per heavy atom. The minimum Gasteiger partial charge on any atom is -0.387 e. The lowest BCUT2D eigenvalue weighted by Crippen LogP contribution is -2.75. The Hall–Kier alpha value is -1.02. The topological polar surface area (TPSA) is 66.4 Å². The van der Waals surface area contributed by atoms with Crippen molar-refractivity contribution >= 4 is 0 Å². The van der Waals surface area contributed by atoms with Gasteiger partial charge in [-0.1, -0.05) is 30.3 Å². The average molecular weight is 294 g/mol. The van der Waals surface area contributed by atoms with E-state index in [1.54, 1.807) is 7.11 Å². The standard InChI is InChI=1S/C15H18O6/c1-17-12-10-9(16)11-13(14(12)21-15(19-10)20-11)18-7-8-5-3-2-4-6-8/h2-6,9-16H,7H2,1H3/t9-,10-,11+,12+,13-,14-,15?/m1/s1. The molecule has 1 unspecified atom stereocenters. The van der Waals surface area contributed by atoms with Gasteiger partial charge in [-0.05, 0) is 5.56 Å². The highest BCUT2D eigenvalue weighted by molar-refractivity contribution is 5.14. The van der Waals surface area contributed by atoms with Gasteiger partial charge in [0.15, 0.2) is 0 Å². The molecule has 6 heteroatoms. The third-order valence-electron chi connectivity index (χ3n) is 4.33. The van der Waals surface area contributed by atoms with Gasteiger partial charge in [0.25, 0.3) is 6.48 Å². The first-order chi connectivity index (χ1) is 10.3. The van der Waals surface area contributed by atoms with Crippen molar-refractivity contribution < 1.29 is 28.8 Å². The lowest BCUT2D eigenvalue weighted by molar-refractivity contribution is -0.485. The van der Waals surface area contributed by atoms with Crippen LogP contribution in [-0.4, -0.2) is 55.3 Å². The molecule has 1 aliphatic carbocycles. The molecule has 4 bridgehead atoms. The van der Waals surface area contributed by atoms with Crippen LogP contribution in [0.3, 0.4) is 0 Å². The van der Waals surface area contributed by atoms with Crippen LogP contribution in [-0.2, 0) is 30.3 Å². The van der Waals surface area contributed by atoms with Crippen molar-refractivity contribution in [2.75, 3.05) is 7.11 Å². The molecule has 1 N–H and O–H groups in total. The molecule has 4 fully saturated rings. The maximum absolute atomic E-state index is 10.3. The Balaban J connectivity index is 1.52. The van der Waals surface area contributed by atoms with Crippen LogP contribution in [0.25, 0.3) is 0 Å². The predicted molar refractivity (Wildman–Crippen MR) is 70.2 cm³/mol. The zero-order valence-corrected chi connectivity index (χ0v) is 11.6. The highest BCUT2D eigenvalue weighted by Gasteiger charge is 2.62. The molecule has 7 atom stereocenters. The lowest BCUT2D eigenvalue weighted by Gasteiger charge is -2.57. The predicted octanol–water partition coefficient (Wildman–Crippen LogP) is 0.428. The highest BCUT2D eigenvalue weighted by Crippen LogP contribution is 2.42. The molecule has 0 radical (unpaired) electrons. The summed E-state index contributed by atoms with van der Waals surface area (Å²) in [5.41, 5.74) is 1.06. The highest BCUT2D eigenvalue weighted by atomic mass is 16.9. The molecule has 1 saturated carbocycles. The van der Waals surface area contributed by atoms with Gasteiger partial charge in [-0.3, -0.25) is 0 Å². The van der Waals surface area contributed by atoms with Crippen LogP contribution in [0.2, 0.25) is 0 Å².